The van der Waals surface area contributed by atoms with Crippen LogP contribution in [0.25, 0.3) is 0 Å². The molecule has 0 spiro atoms. The van der Waals surface area contributed by atoms with Crippen LogP contribution in [0.4, 0.5) is 0 Å². The van der Waals surface area contributed by atoms with Crippen LogP contribution in [0.15, 0.2) is 55.6 Å². The largest absolute Gasteiger partial charge is 0.310 e. The minimum absolute atomic E-state index is 0.121. The molecule has 2 nitrogen and oxygen atoms in total. The minimum atomic E-state index is 0.121. The molecule has 0 saturated carbocycles. The third kappa shape index (κ3) is 7.71. The lowest BCUT2D eigenvalue weighted by molar-refractivity contribution is 0.101. The molecule has 0 unspecified atom stereocenters. The summed E-state index contributed by atoms with van der Waals surface area (Å²) in [6.07, 6.45) is 3.65. The Balaban J connectivity index is 0.000000293. The average molecular weight is 217 g/mol. The van der Waals surface area contributed by atoms with Gasteiger partial charge in [0.05, 0.1) is 0 Å². The van der Waals surface area contributed by atoms with E-state index >= 15 is 0 Å². The van der Waals surface area contributed by atoms with Gasteiger partial charge in [0.25, 0.3) is 0 Å². The molecule has 0 amide bonds. The molecule has 1 aromatic carbocycles. The van der Waals surface area contributed by atoms with Crippen molar-refractivity contribution in [3.8, 4) is 0 Å². The number of rotatable bonds is 5. The van der Waals surface area contributed by atoms with Gasteiger partial charge in [0.1, 0.15) is 0 Å². The normalized spacial score (nSPS) is 8.56. The molecule has 0 radical (unpaired) electrons. The van der Waals surface area contributed by atoms with Crippen molar-refractivity contribution in [3.05, 3.63) is 61.2 Å². The van der Waals surface area contributed by atoms with Crippen LogP contribution in [0.5, 0.6) is 0 Å². The monoisotopic (exact) mass is 217 g/mol. The SMILES string of the molecule is C=CCNCC=C.CC(=O)c1ccccc1. The number of carbonyl (C=O) groups excluding carboxylic acids is 1. The smallest absolute Gasteiger partial charge is 0.159 e. The molecule has 1 aromatic rings. The van der Waals surface area contributed by atoms with E-state index < -0.39 is 0 Å². The van der Waals surface area contributed by atoms with Gasteiger partial charge in [-0.05, 0) is 6.92 Å². The first-order chi connectivity index (χ1) is 7.72. The van der Waals surface area contributed by atoms with E-state index in [1.807, 2.05) is 42.5 Å². The van der Waals surface area contributed by atoms with Crippen molar-refractivity contribution in [2.45, 2.75) is 6.92 Å². The van der Waals surface area contributed by atoms with Gasteiger partial charge in [-0.25, -0.2) is 0 Å². The van der Waals surface area contributed by atoms with E-state index in [9.17, 15) is 4.79 Å². The Morgan fingerprint density at radius 2 is 1.69 bits per heavy atom. The Morgan fingerprint density at radius 3 is 2.00 bits per heavy atom. The molecule has 0 bridgehead atoms. The Bertz CT molecular complexity index is 309. The number of nitrogens with one attached hydrogen (secondary N) is 1. The highest BCUT2D eigenvalue weighted by Gasteiger charge is 1.92. The summed E-state index contributed by atoms with van der Waals surface area (Å²) in [5, 5.41) is 3.05. The molecule has 0 atom stereocenters. The first-order valence-corrected chi connectivity index (χ1v) is 5.20. The second-order valence-electron chi connectivity index (χ2n) is 3.16. The Kier molecular flexibility index (Phi) is 8.84. The fourth-order valence-corrected chi connectivity index (χ4v) is 0.960. The van der Waals surface area contributed by atoms with Crippen molar-refractivity contribution in [3.63, 3.8) is 0 Å². The molecule has 86 valence electrons. The summed E-state index contributed by atoms with van der Waals surface area (Å²) in [7, 11) is 0. The summed E-state index contributed by atoms with van der Waals surface area (Å²) < 4.78 is 0. The molecule has 2 heteroatoms. The number of hydrogen-bond donors (Lipinski definition) is 1. The molecule has 0 saturated heterocycles. The predicted octanol–water partition coefficient (Wildman–Crippen LogP) is 2.84. The number of hydrogen-bond acceptors (Lipinski definition) is 2. The van der Waals surface area contributed by atoms with Crippen LogP contribution >= 0.6 is 0 Å². The zero-order valence-corrected chi connectivity index (χ0v) is 9.78. The number of Topliss-reactive ketones (excluding diaryl/α,β-unsaturated/α-hetero) is 1. The lowest BCUT2D eigenvalue weighted by Gasteiger charge is -1.90. The van der Waals surface area contributed by atoms with Crippen LogP contribution in [0, 0.1) is 0 Å². The summed E-state index contributed by atoms with van der Waals surface area (Å²) in [5.41, 5.74) is 0.775. The molecule has 16 heavy (non-hydrogen) atoms. The maximum absolute atomic E-state index is 10.6. The average Bonchev–Trinajstić information content (AvgIpc) is 2.32. The summed E-state index contributed by atoms with van der Waals surface area (Å²) in [6.45, 7) is 10.4. The van der Waals surface area contributed by atoms with E-state index in [0.29, 0.717) is 0 Å². The Morgan fingerprint density at radius 1 is 1.19 bits per heavy atom. The van der Waals surface area contributed by atoms with Gasteiger partial charge in [-0.3, -0.25) is 4.79 Å². The second kappa shape index (κ2) is 9.87. The van der Waals surface area contributed by atoms with Gasteiger partial charge < -0.3 is 5.32 Å². The third-order valence-electron chi connectivity index (χ3n) is 1.76. The molecule has 1 rings (SSSR count). The highest BCUT2D eigenvalue weighted by atomic mass is 16.1. The molecule has 0 heterocycles. The molecule has 0 aromatic heterocycles. The first kappa shape index (κ1) is 14.3. The van der Waals surface area contributed by atoms with E-state index in [4.69, 9.17) is 0 Å². The third-order valence-corrected chi connectivity index (χ3v) is 1.76. The van der Waals surface area contributed by atoms with Gasteiger partial charge in [0.2, 0.25) is 0 Å². The van der Waals surface area contributed by atoms with Crippen molar-refractivity contribution in [2.24, 2.45) is 0 Å². The maximum atomic E-state index is 10.6. The first-order valence-electron chi connectivity index (χ1n) is 5.20. The van der Waals surface area contributed by atoms with E-state index in [0.717, 1.165) is 18.7 Å². The molecule has 0 aliphatic carbocycles. The van der Waals surface area contributed by atoms with Crippen molar-refractivity contribution in [1.82, 2.24) is 5.32 Å². The Labute approximate surface area is 97.7 Å². The number of ketones is 1. The fraction of sp³-hybridized carbons (Fsp3) is 0.214. The van der Waals surface area contributed by atoms with Gasteiger partial charge in [0.15, 0.2) is 5.78 Å². The van der Waals surface area contributed by atoms with E-state index in [2.05, 4.69) is 18.5 Å². The Hall–Kier alpha value is -1.67. The molecule has 0 aliphatic rings. The summed E-state index contributed by atoms with van der Waals surface area (Å²) in [4.78, 5) is 10.6. The van der Waals surface area contributed by atoms with Gasteiger partial charge in [-0.15, -0.1) is 13.2 Å². The van der Waals surface area contributed by atoms with Gasteiger partial charge in [-0.2, -0.15) is 0 Å². The zero-order chi connectivity index (χ0) is 12.2. The molecular weight excluding hydrogens is 198 g/mol. The topological polar surface area (TPSA) is 29.1 Å². The van der Waals surface area contributed by atoms with Crippen molar-refractivity contribution >= 4 is 5.78 Å². The van der Waals surface area contributed by atoms with Gasteiger partial charge in [-0.1, -0.05) is 42.5 Å². The van der Waals surface area contributed by atoms with Gasteiger partial charge in [0, 0.05) is 18.7 Å². The number of benzene rings is 1. The highest BCUT2D eigenvalue weighted by molar-refractivity contribution is 5.93. The summed E-state index contributed by atoms with van der Waals surface area (Å²) in [5.74, 6) is 0.121. The van der Waals surface area contributed by atoms with E-state index in [-0.39, 0.29) is 5.78 Å². The van der Waals surface area contributed by atoms with Crippen LogP contribution < -0.4 is 5.32 Å². The maximum Gasteiger partial charge on any atom is 0.159 e. The standard InChI is InChI=1S/C8H8O.C6H11N/c1-7(9)8-5-3-2-4-6-8;1-3-5-7-6-4-2/h2-6H,1H3;3-4,7H,1-2,5-6H2. The second-order valence-corrected chi connectivity index (χ2v) is 3.16. The number of carbonyl (C=O) groups is 1. The lowest BCUT2D eigenvalue weighted by atomic mass is 10.2. The fourth-order valence-electron chi connectivity index (χ4n) is 0.960. The highest BCUT2D eigenvalue weighted by Crippen LogP contribution is 1.97. The van der Waals surface area contributed by atoms with Crippen LogP contribution in [0.3, 0.4) is 0 Å². The van der Waals surface area contributed by atoms with Crippen molar-refractivity contribution in [2.75, 3.05) is 13.1 Å². The summed E-state index contributed by atoms with van der Waals surface area (Å²) >= 11 is 0. The lowest BCUT2D eigenvalue weighted by Crippen LogP contribution is -2.11. The quantitative estimate of drug-likeness (QED) is 0.467. The molecular formula is C14H19NO. The van der Waals surface area contributed by atoms with Crippen LogP contribution in [0.1, 0.15) is 17.3 Å². The van der Waals surface area contributed by atoms with Crippen LogP contribution in [-0.2, 0) is 0 Å². The molecule has 0 fully saturated rings. The minimum Gasteiger partial charge on any atom is -0.310 e. The zero-order valence-electron chi connectivity index (χ0n) is 9.78. The summed E-state index contributed by atoms with van der Waals surface area (Å²) in [6, 6.07) is 9.23. The van der Waals surface area contributed by atoms with Crippen LogP contribution in [0.2, 0.25) is 0 Å². The molecule has 1 N–H and O–H groups in total. The van der Waals surface area contributed by atoms with Crippen LogP contribution in [-0.4, -0.2) is 18.9 Å². The van der Waals surface area contributed by atoms with E-state index in [1.165, 1.54) is 0 Å². The van der Waals surface area contributed by atoms with Gasteiger partial charge >= 0.3 is 0 Å². The van der Waals surface area contributed by atoms with Crippen molar-refractivity contribution in [1.29, 1.82) is 0 Å². The van der Waals surface area contributed by atoms with E-state index in [1.54, 1.807) is 6.92 Å². The molecule has 0 aliphatic heterocycles. The predicted molar refractivity (Wildman–Crippen MR) is 69.7 cm³/mol. The van der Waals surface area contributed by atoms with Crippen molar-refractivity contribution < 1.29 is 4.79 Å².